The molecule has 1 aromatic heterocycles. The summed E-state index contributed by atoms with van der Waals surface area (Å²) in [7, 11) is 0. The van der Waals surface area contributed by atoms with E-state index in [2.05, 4.69) is 45.0 Å². The molecule has 4 nitrogen and oxygen atoms in total. The maximum Gasteiger partial charge on any atom is 0.191 e. The SMILES string of the molecule is CCNC(=NCc1cccs1)NCC1CCN(C2CC2)C1. The van der Waals surface area contributed by atoms with E-state index in [1.54, 1.807) is 11.3 Å². The smallest absolute Gasteiger partial charge is 0.191 e. The molecule has 1 atom stereocenters. The van der Waals surface area contributed by atoms with E-state index in [9.17, 15) is 0 Å². The number of rotatable bonds is 6. The first-order valence-corrected chi connectivity index (χ1v) is 9.01. The van der Waals surface area contributed by atoms with Crippen molar-refractivity contribution in [1.82, 2.24) is 15.5 Å². The van der Waals surface area contributed by atoms with Crippen molar-refractivity contribution < 1.29 is 0 Å². The molecule has 2 aliphatic rings. The summed E-state index contributed by atoms with van der Waals surface area (Å²) in [6.45, 7) is 7.40. The Kier molecular flexibility index (Phi) is 5.14. The van der Waals surface area contributed by atoms with E-state index >= 15 is 0 Å². The third-order valence-electron chi connectivity index (χ3n) is 4.26. The Hall–Kier alpha value is -1.07. The number of hydrogen-bond acceptors (Lipinski definition) is 3. The van der Waals surface area contributed by atoms with Crippen molar-refractivity contribution in [3.05, 3.63) is 22.4 Å². The zero-order valence-corrected chi connectivity index (χ0v) is 13.7. The van der Waals surface area contributed by atoms with Crippen LogP contribution in [0.4, 0.5) is 0 Å². The first-order chi connectivity index (χ1) is 10.3. The van der Waals surface area contributed by atoms with E-state index < -0.39 is 0 Å². The van der Waals surface area contributed by atoms with E-state index in [0.29, 0.717) is 0 Å². The van der Waals surface area contributed by atoms with Crippen molar-refractivity contribution in [1.29, 1.82) is 0 Å². The van der Waals surface area contributed by atoms with Gasteiger partial charge in [-0.15, -0.1) is 11.3 Å². The van der Waals surface area contributed by atoms with Gasteiger partial charge in [-0.05, 0) is 50.1 Å². The van der Waals surface area contributed by atoms with Gasteiger partial charge in [0, 0.05) is 30.6 Å². The number of likely N-dealkylation sites (tertiary alicyclic amines) is 1. The summed E-state index contributed by atoms with van der Waals surface area (Å²) < 4.78 is 0. The number of hydrogen-bond donors (Lipinski definition) is 2. The van der Waals surface area contributed by atoms with E-state index in [4.69, 9.17) is 0 Å². The molecule has 1 aromatic rings. The Morgan fingerprint density at radius 1 is 1.38 bits per heavy atom. The largest absolute Gasteiger partial charge is 0.357 e. The molecule has 0 radical (unpaired) electrons. The standard InChI is InChI=1S/C16H26N4S/c1-2-17-16(19-11-15-4-3-9-21-15)18-10-13-7-8-20(12-13)14-5-6-14/h3-4,9,13-14H,2,5-8,10-12H2,1H3,(H2,17,18,19). The molecule has 1 unspecified atom stereocenters. The molecular weight excluding hydrogens is 280 g/mol. The van der Waals surface area contributed by atoms with Crippen LogP contribution in [0, 0.1) is 5.92 Å². The maximum atomic E-state index is 4.67. The highest BCUT2D eigenvalue weighted by Gasteiger charge is 2.34. The van der Waals surface area contributed by atoms with Gasteiger partial charge in [-0.25, -0.2) is 4.99 Å². The summed E-state index contributed by atoms with van der Waals surface area (Å²) in [5.41, 5.74) is 0. The molecule has 5 heteroatoms. The third kappa shape index (κ3) is 4.45. The fraction of sp³-hybridized carbons (Fsp3) is 0.688. The van der Waals surface area contributed by atoms with Gasteiger partial charge in [0.05, 0.1) is 6.54 Å². The lowest BCUT2D eigenvalue weighted by atomic mass is 10.1. The average molecular weight is 306 g/mol. The molecule has 0 spiro atoms. The van der Waals surface area contributed by atoms with Gasteiger partial charge in [-0.1, -0.05) is 6.07 Å². The zero-order valence-electron chi connectivity index (χ0n) is 12.8. The lowest BCUT2D eigenvalue weighted by Crippen LogP contribution is -2.40. The highest BCUT2D eigenvalue weighted by Crippen LogP contribution is 2.31. The molecule has 1 aliphatic heterocycles. The minimum Gasteiger partial charge on any atom is -0.357 e. The van der Waals surface area contributed by atoms with E-state index in [-0.39, 0.29) is 0 Å². The van der Waals surface area contributed by atoms with Crippen LogP contribution >= 0.6 is 11.3 Å². The fourth-order valence-electron chi connectivity index (χ4n) is 2.94. The zero-order chi connectivity index (χ0) is 14.5. The minimum absolute atomic E-state index is 0.770. The quantitative estimate of drug-likeness (QED) is 0.626. The lowest BCUT2D eigenvalue weighted by molar-refractivity contribution is 0.314. The number of thiophene rings is 1. The van der Waals surface area contributed by atoms with Crippen LogP contribution in [0.3, 0.4) is 0 Å². The summed E-state index contributed by atoms with van der Waals surface area (Å²) in [6.07, 6.45) is 4.17. The van der Waals surface area contributed by atoms with Crippen LogP contribution in [0.15, 0.2) is 22.5 Å². The number of nitrogens with one attached hydrogen (secondary N) is 2. The van der Waals surface area contributed by atoms with Gasteiger partial charge in [-0.2, -0.15) is 0 Å². The number of nitrogens with zero attached hydrogens (tertiary/aromatic N) is 2. The summed E-state index contributed by atoms with van der Waals surface area (Å²) in [6, 6.07) is 5.14. The molecular formula is C16H26N4S. The Morgan fingerprint density at radius 2 is 2.29 bits per heavy atom. The second-order valence-corrected chi connectivity index (χ2v) is 7.07. The molecule has 2 fully saturated rings. The third-order valence-corrected chi connectivity index (χ3v) is 5.12. The van der Waals surface area contributed by atoms with Gasteiger partial charge in [0.25, 0.3) is 0 Å². The molecule has 1 saturated carbocycles. The van der Waals surface area contributed by atoms with Crippen LogP contribution in [0.5, 0.6) is 0 Å². The molecule has 2 heterocycles. The second kappa shape index (κ2) is 7.27. The van der Waals surface area contributed by atoms with Gasteiger partial charge < -0.3 is 15.5 Å². The minimum atomic E-state index is 0.770. The highest BCUT2D eigenvalue weighted by atomic mass is 32.1. The fourth-order valence-corrected chi connectivity index (χ4v) is 3.57. The Labute approximate surface area is 131 Å². The number of aliphatic imine (C=N–C) groups is 1. The summed E-state index contributed by atoms with van der Waals surface area (Å²) in [4.78, 5) is 8.66. The normalized spacial score (nSPS) is 23.5. The Balaban J connectivity index is 1.44. The van der Waals surface area contributed by atoms with Crippen molar-refractivity contribution in [2.45, 2.75) is 38.8 Å². The predicted octanol–water partition coefficient (Wildman–Crippen LogP) is 2.29. The van der Waals surface area contributed by atoms with Crippen molar-refractivity contribution in [2.75, 3.05) is 26.2 Å². The molecule has 0 bridgehead atoms. The first kappa shape index (κ1) is 14.9. The monoisotopic (exact) mass is 306 g/mol. The molecule has 0 aromatic carbocycles. The highest BCUT2D eigenvalue weighted by molar-refractivity contribution is 7.09. The average Bonchev–Trinajstić information content (AvgIpc) is 3.03. The summed E-state index contributed by atoms with van der Waals surface area (Å²) in [5.74, 6) is 1.73. The van der Waals surface area contributed by atoms with Gasteiger partial charge in [0.1, 0.15) is 0 Å². The van der Waals surface area contributed by atoms with Crippen LogP contribution in [0.1, 0.15) is 31.1 Å². The predicted molar refractivity (Wildman–Crippen MR) is 89.8 cm³/mol. The van der Waals surface area contributed by atoms with Crippen LogP contribution in [0.25, 0.3) is 0 Å². The molecule has 3 rings (SSSR count). The van der Waals surface area contributed by atoms with Crippen LogP contribution in [0.2, 0.25) is 0 Å². The van der Waals surface area contributed by atoms with Crippen molar-refractivity contribution in [3.8, 4) is 0 Å². The summed E-state index contributed by atoms with van der Waals surface area (Å²) >= 11 is 1.77. The van der Waals surface area contributed by atoms with Crippen LogP contribution < -0.4 is 10.6 Å². The van der Waals surface area contributed by atoms with Gasteiger partial charge >= 0.3 is 0 Å². The van der Waals surface area contributed by atoms with Gasteiger partial charge in [0.2, 0.25) is 0 Å². The van der Waals surface area contributed by atoms with Crippen LogP contribution in [-0.2, 0) is 6.54 Å². The van der Waals surface area contributed by atoms with Crippen molar-refractivity contribution in [3.63, 3.8) is 0 Å². The molecule has 2 N–H and O–H groups in total. The van der Waals surface area contributed by atoms with Crippen molar-refractivity contribution >= 4 is 17.3 Å². The maximum absolute atomic E-state index is 4.67. The summed E-state index contributed by atoms with van der Waals surface area (Å²) in [5, 5.41) is 8.97. The van der Waals surface area contributed by atoms with Crippen molar-refractivity contribution in [2.24, 2.45) is 10.9 Å². The Bertz CT molecular complexity index is 453. The topological polar surface area (TPSA) is 39.7 Å². The van der Waals surface area contributed by atoms with E-state index in [1.807, 2.05) is 0 Å². The lowest BCUT2D eigenvalue weighted by Gasteiger charge is -2.17. The molecule has 1 aliphatic carbocycles. The molecule has 116 valence electrons. The second-order valence-electron chi connectivity index (χ2n) is 6.04. The molecule has 1 saturated heterocycles. The number of guanidine groups is 1. The van der Waals surface area contributed by atoms with E-state index in [1.165, 1.54) is 37.2 Å². The first-order valence-electron chi connectivity index (χ1n) is 8.13. The van der Waals surface area contributed by atoms with E-state index in [0.717, 1.165) is 37.6 Å². The molecule has 21 heavy (non-hydrogen) atoms. The Morgan fingerprint density at radius 3 is 3.00 bits per heavy atom. The van der Waals surface area contributed by atoms with Gasteiger partial charge in [-0.3, -0.25) is 0 Å². The van der Waals surface area contributed by atoms with Gasteiger partial charge in [0.15, 0.2) is 5.96 Å². The molecule has 0 amide bonds. The van der Waals surface area contributed by atoms with Crippen LogP contribution in [-0.4, -0.2) is 43.1 Å².